The number of benzene rings is 1. The monoisotopic (exact) mass is 334 g/mol. The zero-order valence-corrected chi connectivity index (χ0v) is 13.7. The molecular weight excluding hydrogens is 316 g/mol. The number of aryl methyl sites for hydroxylation is 1. The predicted octanol–water partition coefficient (Wildman–Crippen LogP) is 2.31. The van der Waals surface area contributed by atoms with Crippen LogP contribution in [0.2, 0.25) is 5.02 Å². The molecule has 3 rings (SSSR count). The van der Waals surface area contributed by atoms with Gasteiger partial charge in [-0.25, -0.2) is 9.78 Å². The highest BCUT2D eigenvalue weighted by molar-refractivity contribution is 6.33. The Bertz CT molecular complexity index is 680. The normalized spacial score (nSPS) is 14.9. The van der Waals surface area contributed by atoms with E-state index in [1.54, 1.807) is 15.9 Å². The number of piperazine rings is 1. The fourth-order valence-electron chi connectivity index (χ4n) is 2.54. The van der Waals surface area contributed by atoms with Crippen molar-refractivity contribution < 1.29 is 4.79 Å². The summed E-state index contributed by atoms with van der Waals surface area (Å²) < 4.78 is 1.67. The molecule has 0 aliphatic carbocycles. The molecule has 8 heteroatoms. The van der Waals surface area contributed by atoms with E-state index in [1.807, 2.05) is 31.2 Å². The van der Waals surface area contributed by atoms with Crippen molar-refractivity contribution >= 4 is 29.3 Å². The lowest BCUT2D eigenvalue weighted by Crippen LogP contribution is -2.50. The van der Waals surface area contributed by atoms with E-state index in [-0.39, 0.29) is 6.03 Å². The molecule has 2 amide bonds. The zero-order valence-electron chi connectivity index (χ0n) is 12.9. The van der Waals surface area contributed by atoms with Gasteiger partial charge in [-0.2, -0.15) is 0 Å². The number of amides is 2. The van der Waals surface area contributed by atoms with Gasteiger partial charge in [-0.1, -0.05) is 23.7 Å². The van der Waals surface area contributed by atoms with Crippen molar-refractivity contribution in [1.82, 2.24) is 19.7 Å². The molecule has 1 aliphatic rings. The molecule has 1 fully saturated rings. The highest BCUT2D eigenvalue weighted by atomic mass is 35.5. The Morgan fingerprint density at radius 3 is 2.65 bits per heavy atom. The Morgan fingerprint density at radius 2 is 2.00 bits per heavy atom. The number of hydrogen-bond acceptors (Lipinski definition) is 4. The van der Waals surface area contributed by atoms with Crippen LogP contribution in [0.5, 0.6) is 0 Å². The van der Waals surface area contributed by atoms with E-state index in [9.17, 15) is 4.79 Å². The maximum absolute atomic E-state index is 12.3. The Kier molecular flexibility index (Phi) is 4.66. The molecule has 0 saturated carbocycles. The minimum Gasteiger partial charge on any atom is -0.367 e. The summed E-state index contributed by atoms with van der Waals surface area (Å²) in [6, 6.07) is 7.59. The summed E-state index contributed by atoms with van der Waals surface area (Å²) in [6.07, 6.45) is 1.60. The molecule has 1 N–H and O–H groups in total. The van der Waals surface area contributed by atoms with E-state index >= 15 is 0 Å². The van der Waals surface area contributed by atoms with Crippen LogP contribution in [0.15, 0.2) is 30.6 Å². The number of anilines is 2. The molecule has 2 aromatic rings. The topological polar surface area (TPSA) is 66.3 Å². The van der Waals surface area contributed by atoms with Crippen molar-refractivity contribution in [3.05, 3.63) is 35.6 Å². The molecule has 122 valence electrons. The fourth-order valence-corrected chi connectivity index (χ4v) is 2.79. The Balaban J connectivity index is 1.56. The standard InChI is InChI=1S/C15H19ClN6O/c1-2-22-11-17-14(19-22)18-15(23)21-9-7-20(8-10-21)13-6-4-3-5-12(13)16/h3-6,11H,2,7-10H2,1H3,(H,18,19,23). The lowest BCUT2D eigenvalue weighted by Gasteiger charge is -2.36. The van der Waals surface area contributed by atoms with E-state index in [0.29, 0.717) is 19.0 Å². The van der Waals surface area contributed by atoms with Crippen molar-refractivity contribution in [3.8, 4) is 0 Å². The van der Waals surface area contributed by atoms with Gasteiger partial charge in [0.1, 0.15) is 6.33 Å². The fraction of sp³-hybridized carbons (Fsp3) is 0.400. The van der Waals surface area contributed by atoms with Gasteiger partial charge in [0.25, 0.3) is 0 Å². The summed E-state index contributed by atoms with van der Waals surface area (Å²) in [5.74, 6) is 0.338. The molecule has 1 aliphatic heterocycles. The van der Waals surface area contributed by atoms with Crippen LogP contribution in [0.3, 0.4) is 0 Å². The van der Waals surface area contributed by atoms with Crippen LogP contribution in [0, 0.1) is 0 Å². The largest absolute Gasteiger partial charge is 0.367 e. The van der Waals surface area contributed by atoms with Crippen LogP contribution in [-0.4, -0.2) is 51.9 Å². The molecule has 23 heavy (non-hydrogen) atoms. The van der Waals surface area contributed by atoms with Crippen molar-refractivity contribution in [3.63, 3.8) is 0 Å². The first-order chi connectivity index (χ1) is 11.2. The lowest BCUT2D eigenvalue weighted by molar-refractivity contribution is 0.208. The first-order valence-electron chi connectivity index (χ1n) is 7.62. The van der Waals surface area contributed by atoms with Crippen LogP contribution in [0.25, 0.3) is 0 Å². The Labute approximate surface area is 139 Å². The molecule has 0 spiro atoms. The summed E-state index contributed by atoms with van der Waals surface area (Å²) >= 11 is 6.23. The van der Waals surface area contributed by atoms with Gasteiger partial charge in [-0.3, -0.25) is 10.00 Å². The van der Waals surface area contributed by atoms with Crippen LogP contribution in [0.1, 0.15) is 6.92 Å². The van der Waals surface area contributed by atoms with Gasteiger partial charge in [0.15, 0.2) is 0 Å². The van der Waals surface area contributed by atoms with Gasteiger partial charge in [-0.05, 0) is 19.1 Å². The number of nitrogens with one attached hydrogen (secondary N) is 1. The van der Waals surface area contributed by atoms with E-state index in [2.05, 4.69) is 20.3 Å². The van der Waals surface area contributed by atoms with Crippen LogP contribution < -0.4 is 10.2 Å². The maximum atomic E-state index is 12.3. The first-order valence-corrected chi connectivity index (χ1v) is 8.00. The summed E-state index contributed by atoms with van der Waals surface area (Å²) in [7, 11) is 0. The van der Waals surface area contributed by atoms with Crippen molar-refractivity contribution in [2.75, 3.05) is 36.4 Å². The summed E-state index contributed by atoms with van der Waals surface area (Å²) in [6.45, 7) is 5.44. The van der Waals surface area contributed by atoms with E-state index < -0.39 is 0 Å². The number of urea groups is 1. The van der Waals surface area contributed by atoms with Gasteiger partial charge in [0, 0.05) is 32.7 Å². The third kappa shape index (κ3) is 3.56. The number of halogens is 1. The Morgan fingerprint density at radius 1 is 1.26 bits per heavy atom. The number of rotatable bonds is 3. The van der Waals surface area contributed by atoms with Gasteiger partial charge < -0.3 is 9.80 Å². The summed E-state index contributed by atoms with van der Waals surface area (Å²) in [5.41, 5.74) is 1.01. The van der Waals surface area contributed by atoms with Crippen LogP contribution in [0.4, 0.5) is 16.4 Å². The molecule has 1 saturated heterocycles. The molecule has 1 aromatic heterocycles. The second-order valence-corrected chi connectivity index (χ2v) is 5.69. The third-order valence-electron chi connectivity index (χ3n) is 3.84. The Hall–Kier alpha value is -2.28. The van der Waals surface area contributed by atoms with E-state index in [0.717, 1.165) is 30.3 Å². The number of carbonyl (C=O) groups is 1. The van der Waals surface area contributed by atoms with Crippen molar-refractivity contribution in [1.29, 1.82) is 0 Å². The lowest BCUT2D eigenvalue weighted by atomic mass is 10.2. The molecule has 0 bridgehead atoms. The van der Waals surface area contributed by atoms with E-state index in [1.165, 1.54) is 0 Å². The molecule has 2 heterocycles. The quantitative estimate of drug-likeness (QED) is 0.935. The third-order valence-corrected chi connectivity index (χ3v) is 4.16. The highest BCUT2D eigenvalue weighted by Gasteiger charge is 2.23. The number of nitrogens with zero attached hydrogens (tertiary/aromatic N) is 5. The second kappa shape index (κ2) is 6.87. The summed E-state index contributed by atoms with van der Waals surface area (Å²) in [5, 5.41) is 7.62. The average Bonchev–Trinajstić information content (AvgIpc) is 3.03. The highest BCUT2D eigenvalue weighted by Crippen LogP contribution is 2.26. The SMILES string of the molecule is CCn1cnc(NC(=O)N2CCN(c3ccccc3Cl)CC2)n1. The minimum absolute atomic E-state index is 0.169. The molecule has 0 radical (unpaired) electrons. The number of aromatic nitrogens is 3. The number of carbonyl (C=O) groups excluding carboxylic acids is 1. The number of para-hydroxylation sites is 1. The minimum atomic E-state index is -0.169. The zero-order chi connectivity index (χ0) is 16.2. The second-order valence-electron chi connectivity index (χ2n) is 5.28. The first kappa shape index (κ1) is 15.6. The van der Waals surface area contributed by atoms with Gasteiger partial charge in [0.2, 0.25) is 5.95 Å². The van der Waals surface area contributed by atoms with Crippen molar-refractivity contribution in [2.45, 2.75) is 13.5 Å². The predicted molar refractivity (Wildman–Crippen MR) is 90.0 cm³/mol. The maximum Gasteiger partial charge on any atom is 0.324 e. The van der Waals surface area contributed by atoms with Gasteiger partial charge >= 0.3 is 6.03 Å². The number of hydrogen-bond donors (Lipinski definition) is 1. The van der Waals surface area contributed by atoms with Gasteiger partial charge in [0.05, 0.1) is 10.7 Å². The van der Waals surface area contributed by atoms with Crippen molar-refractivity contribution in [2.24, 2.45) is 0 Å². The van der Waals surface area contributed by atoms with Crippen LogP contribution in [-0.2, 0) is 6.54 Å². The average molecular weight is 335 g/mol. The van der Waals surface area contributed by atoms with Gasteiger partial charge in [-0.15, -0.1) is 5.10 Å². The van der Waals surface area contributed by atoms with E-state index in [4.69, 9.17) is 11.6 Å². The molecule has 0 atom stereocenters. The molecule has 0 unspecified atom stereocenters. The molecule has 7 nitrogen and oxygen atoms in total. The molecular formula is C15H19ClN6O. The van der Waals surface area contributed by atoms with Crippen LogP contribution >= 0.6 is 11.6 Å². The molecule has 1 aromatic carbocycles. The summed E-state index contributed by atoms with van der Waals surface area (Å²) in [4.78, 5) is 20.3. The smallest absolute Gasteiger partial charge is 0.324 e.